The van der Waals surface area contributed by atoms with Crippen LogP contribution in [0.2, 0.25) is 0 Å². The van der Waals surface area contributed by atoms with Crippen LogP contribution in [0.25, 0.3) is 0 Å². The second kappa shape index (κ2) is 10.9. The first-order chi connectivity index (χ1) is 9.74. The highest BCUT2D eigenvalue weighted by molar-refractivity contribution is 5.22. The van der Waals surface area contributed by atoms with Crippen LogP contribution in [0.1, 0.15) is 71.6 Å². The third-order valence-electron chi connectivity index (χ3n) is 4.11. The maximum Gasteiger partial charge on any atom is 0.0602 e. The van der Waals surface area contributed by atoms with Crippen LogP contribution < -0.4 is 0 Å². The molecule has 0 aromatic rings. The molecule has 20 heavy (non-hydrogen) atoms. The van der Waals surface area contributed by atoms with Crippen LogP contribution in [0.5, 0.6) is 0 Å². The summed E-state index contributed by atoms with van der Waals surface area (Å²) in [6.45, 7) is 4.38. The van der Waals surface area contributed by atoms with E-state index in [0.29, 0.717) is 5.92 Å². The largest absolute Gasteiger partial charge is 0.393 e. The molecule has 1 N–H and O–H groups in total. The molecular weight excluding hydrogens is 244 g/mol. The molecule has 1 aliphatic carbocycles. The molecule has 0 aromatic carbocycles. The van der Waals surface area contributed by atoms with E-state index in [0.717, 1.165) is 19.3 Å². The van der Waals surface area contributed by atoms with Crippen molar-refractivity contribution in [2.75, 3.05) is 0 Å². The number of aliphatic hydroxyl groups excluding tert-OH is 1. The molecule has 1 aliphatic rings. The Balaban J connectivity index is 2.15. The second-order valence-electron chi connectivity index (χ2n) is 6.06. The lowest BCUT2D eigenvalue weighted by molar-refractivity contribution is 0.153. The number of rotatable bonds is 9. The third kappa shape index (κ3) is 7.69. The normalized spacial score (nSPS) is 24.2. The molecule has 0 spiro atoms. The molecule has 1 fully saturated rings. The fourth-order valence-corrected chi connectivity index (χ4v) is 2.71. The summed E-state index contributed by atoms with van der Waals surface area (Å²) < 4.78 is 0. The van der Waals surface area contributed by atoms with E-state index in [9.17, 15) is 5.11 Å². The monoisotopic (exact) mass is 276 g/mol. The predicted molar refractivity (Wildman–Crippen MR) is 88.8 cm³/mol. The summed E-state index contributed by atoms with van der Waals surface area (Å²) >= 11 is 0. The molecule has 1 heteroatoms. The molecule has 1 rings (SSSR count). The van der Waals surface area contributed by atoms with E-state index >= 15 is 0 Å². The van der Waals surface area contributed by atoms with Crippen LogP contribution >= 0.6 is 0 Å². The van der Waals surface area contributed by atoms with Crippen molar-refractivity contribution in [1.29, 1.82) is 0 Å². The van der Waals surface area contributed by atoms with Gasteiger partial charge >= 0.3 is 0 Å². The number of unbranched alkanes of at least 4 members (excludes halogenated alkanes) is 5. The Morgan fingerprint density at radius 3 is 2.65 bits per heavy atom. The molecule has 0 amide bonds. The summed E-state index contributed by atoms with van der Waals surface area (Å²) in [5.74, 6) is 0.376. The lowest BCUT2D eigenvalue weighted by atomic mass is 10.0. The standard InChI is InChI=1S/C19H32O/c1-3-4-5-6-7-8-9-10-12-17(2)15-16-18-13-11-14-19(18)20/h9-10,12,15-16,18-20H,3-8,11,13-14H2,1-2H3/b10-9+,16-15+,17-12+/t18-,19+/m1/s1. The zero-order valence-electron chi connectivity index (χ0n) is 13.4. The summed E-state index contributed by atoms with van der Waals surface area (Å²) in [6, 6.07) is 0. The van der Waals surface area contributed by atoms with Gasteiger partial charge in [-0.05, 0) is 32.6 Å². The van der Waals surface area contributed by atoms with Crippen molar-refractivity contribution in [2.24, 2.45) is 5.92 Å². The molecule has 0 heterocycles. The first-order valence-electron chi connectivity index (χ1n) is 8.43. The lowest BCUT2D eigenvalue weighted by Gasteiger charge is -2.08. The summed E-state index contributed by atoms with van der Waals surface area (Å²) in [4.78, 5) is 0. The van der Waals surface area contributed by atoms with E-state index in [2.05, 4.69) is 44.2 Å². The maximum atomic E-state index is 9.75. The smallest absolute Gasteiger partial charge is 0.0602 e. The van der Waals surface area contributed by atoms with Gasteiger partial charge in [-0.1, -0.05) is 75.0 Å². The van der Waals surface area contributed by atoms with Gasteiger partial charge in [-0.25, -0.2) is 0 Å². The van der Waals surface area contributed by atoms with Gasteiger partial charge in [0.2, 0.25) is 0 Å². The van der Waals surface area contributed by atoms with Crippen molar-refractivity contribution in [1.82, 2.24) is 0 Å². The van der Waals surface area contributed by atoms with Gasteiger partial charge in [-0.2, -0.15) is 0 Å². The number of aliphatic hydroxyl groups is 1. The van der Waals surface area contributed by atoms with Crippen molar-refractivity contribution >= 4 is 0 Å². The fourth-order valence-electron chi connectivity index (χ4n) is 2.71. The van der Waals surface area contributed by atoms with Gasteiger partial charge in [-0.3, -0.25) is 0 Å². The Kier molecular flexibility index (Phi) is 9.40. The van der Waals surface area contributed by atoms with Crippen LogP contribution in [-0.4, -0.2) is 11.2 Å². The van der Waals surface area contributed by atoms with Gasteiger partial charge in [0.15, 0.2) is 0 Å². The highest BCUT2D eigenvalue weighted by atomic mass is 16.3. The molecule has 0 unspecified atom stereocenters. The zero-order chi connectivity index (χ0) is 14.6. The van der Waals surface area contributed by atoms with Crippen LogP contribution in [0.3, 0.4) is 0 Å². The van der Waals surface area contributed by atoms with Crippen molar-refractivity contribution < 1.29 is 5.11 Å². The topological polar surface area (TPSA) is 20.2 Å². The SMILES string of the molecule is CCCCCCC/C=C/C=C(C)/C=C/[C@H]1CCC[C@@H]1O. The highest BCUT2D eigenvalue weighted by Crippen LogP contribution is 2.26. The molecule has 114 valence electrons. The molecule has 0 bridgehead atoms. The van der Waals surface area contributed by atoms with E-state index < -0.39 is 0 Å². The predicted octanol–water partition coefficient (Wildman–Crippen LogP) is 5.57. The first-order valence-corrected chi connectivity index (χ1v) is 8.43. The average molecular weight is 276 g/mol. The molecule has 2 atom stereocenters. The Hall–Kier alpha value is -0.820. The van der Waals surface area contributed by atoms with Gasteiger partial charge in [0.05, 0.1) is 6.10 Å². The van der Waals surface area contributed by atoms with Crippen LogP contribution in [-0.2, 0) is 0 Å². The highest BCUT2D eigenvalue weighted by Gasteiger charge is 2.22. The molecular formula is C19H32O. The summed E-state index contributed by atoms with van der Waals surface area (Å²) in [6.07, 6.45) is 22.1. The van der Waals surface area contributed by atoms with Gasteiger partial charge in [0.1, 0.15) is 0 Å². The Bertz CT molecular complexity index is 325. The lowest BCUT2D eigenvalue weighted by Crippen LogP contribution is -2.09. The van der Waals surface area contributed by atoms with Crippen LogP contribution in [0.4, 0.5) is 0 Å². The van der Waals surface area contributed by atoms with Crippen molar-refractivity contribution in [2.45, 2.75) is 77.7 Å². The maximum absolute atomic E-state index is 9.75. The van der Waals surface area contributed by atoms with Crippen molar-refractivity contribution in [3.63, 3.8) is 0 Å². The summed E-state index contributed by atoms with van der Waals surface area (Å²) in [7, 11) is 0. The van der Waals surface area contributed by atoms with E-state index in [1.54, 1.807) is 0 Å². The van der Waals surface area contributed by atoms with Gasteiger partial charge < -0.3 is 5.11 Å². The number of allylic oxidation sites excluding steroid dienone is 5. The molecule has 1 nitrogen and oxygen atoms in total. The zero-order valence-corrected chi connectivity index (χ0v) is 13.4. The van der Waals surface area contributed by atoms with Gasteiger partial charge in [0.25, 0.3) is 0 Å². The summed E-state index contributed by atoms with van der Waals surface area (Å²) in [5.41, 5.74) is 1.27. The molecule has 0 radical (unpaired) electrons. The molecule has 1 saturated carbocycles. The van der Waals surface area contributed by atoms with E-state index in [-0.39, 0.29) is 6.10 Å². The molecule has 0 aromatic heterocycles. The minimum absolute atomic E-state index is 0.113. The van der Waals surface area contributed by atoms with E-state index in [1.165, 1.54) is 44.1 Å². The summed E-state index contributed by atoms with van der Waals surface area (Å²) in [5, 5.41) is 9.75. The van der Waals surface area contributed by atoms with Gasteiger partial charge in [0, 0.05) is 5.92 Å². The molecule has 0 saturated heterocycles. The van der Waals surface area contributed by atoms with Crippen LogP contribution in [0.15, 0.2) is 36.0 Å². The Morgan fingerprint density at radius 1 is 1.15 bits per heavy atom. The minimum Gasteiger partial charge on any atom is -0.393 e. The Labute approximate surface area is 125 Å². The average Bonchev–Trinajstić information content (AvgIpc) is 2.85. The van der Waals surface area contributed by atoms with Crippen molar-refractivity contribution in [3.05, 3.63) is 36.0 Å². The molecule has 0 aliphatic heterocycles. The number of hydrogen-bond donors (Lipinski definition) is 1. The fraction of sp³-hybridized carbons (Fsp3) is 0.684. The van der Waals surface area contributed by atoms with E-state index in [1.807, 2.05) is 0 Å². The van der Waals surface area contributed by atoms with Gasteiger partial charge in [-0.15, -0.1) is 0 Å². The van der Waals surface area contributed by atoms with Crippen LogP contribution in [0, 0.1) is 5.92 Å². The minimum atomic E-state index is -0.113. The second-order valence-corrected chi connectivity index (χ2v) is 6.06. The number of hydrogen-bond acceptors (Lipinski definition) is 1. The quantitative estimate of drug-likeness (QED) is 0.431. The van der Waals surface area contributed by atoms with Crippen molar-refractivity contribution in [3.8, 4) is 0 Å². The Morgan fingerprint density at radius 2 is 1.95 bits per heavy atom. The first kappa shape index (κ1) is 17.2. The van der Waals surface area contributed by atoms with E-state index in [4.69, 9.17) is 0 Å². The third-order valence-corrected chi connectivity index (χ3v) is 4.11.